The summed E-state index contributed by atoms with van der Waals surface area (Å²) in [5.74, 6) is -0.884. The van der Waals surface area contributed by atoms with Crippen molar-refractivity contribution in [1.82, 2.24) is 4.90 Å². The molecule has 116 valence electrons. The van der Waals surface area contributed by atoms with Crippen molar-refractivity contribution in [1.29, 1.82) is 0 Å². The van der Waals surface area contributed by atoms with E-state index in [1.54, 1.807) is 0 Å². The molecule has 0 aliphatic heterocycles. The molecule has 1 aliphatic carbocycles. The van der Waals surface area contributed by atoms with E-state index in [1.165, 1.54) is 13.8 Å². The molecule has 0 saturated heterocycles. The summed E-state index contributed by atoms with van der Waals surface area (Å²) in [5, 5.41) is 11.6. The topological polar surface area (TPSA) is 78.9 Å². The molecule has 20 heavy (non-hydrogen) atoms. The third-order valence-electron chi connectivity index (χ3n) is 3.64. The highest BCUT2D eigenvalue weighted by atomic mass is 19.4. The van der Waals surface area contributed by atoms with E-state index >= 15 is 0 Å². The van der Waals surface area contributed by atoms with Crippen LogP contribution in [0.15, 0.2) is 5.16 Å². The van der Waals surface area contributed by atoms with Crippen molar-refractivity contribution in [2.75, 3.05) is 6.54 Å². The normalized spacial score (nSPS) is 27.4. The number of nitrogens with zero attached hydrogens (tertiary/aromatic N) is 2. The molecule has 1 saturated carbocycles. The number of oxime groups is 1. The molecule has 0 aromatic rings. The van der Waals surface area contributed by atoms with Gasteiger partial charge in [-0.1, -0.05) is 12.1 Å². The molecule has 8 heteroatoms. The number of hydrogen-bond acceptors (Lipinski definition) is 3. The lowest BCUT2D eigenvalue weighted by Gasteiger charge is -2.47. The summed E-state index contributed by atoms with van der Waals surface area (Å²) in [5.41, 5.74) is 4.25. The second-order valence-corrected chi connectivity index (χ2v) is 5.72. The smallest absolute Gasteiger partial charge is 0.406 e. The van der Waals surface area contributed by atoms with Crippen molar-refractivity contribution in [3.8, 4) is 0 Å². The van der Waals surface area contributed by atoms with Gasteiger partial charge in [0, 0.05) is 6.04 Å². The molecule has 1 aliphatic rings. The van der Waals surface area contributed by atoms with Crippen LogP contribution in [0.5, 0.6) is 0 Å². The average molecular weight is 295 g/mol. The van der Waals surface area contributed by atoms with E-state index in [0.29, 0.717) is 12.8 Å². The van der Waals surface area contributed by atoms with Crippen molar-refractivity contribution in [2.24, 2.45) is 22.2 Å². The van der Waals surface area contributed by atoms with Crippen LogP contribution < -0.4 is 5.73 Å². The maximum atomic E-state index is 12.6. The Morgan fingerprint density at radius 3 is 2.30 bits per heavy atom. The highest BCUT2D eigenvalue weighted by Gasteiger charge is 2.55. The number of carbonyl (C=O) groups excluding carboxylic acids is 1. The van der Waals surface area contributed by atoms with Crippen LogP contribution in [-0.4, -0.2) is 40.6 Å². The number of alkyl halides is 3. The number of nitrogens with two attached hydrogens (primary N) is 1. The maximum absolute atomic E-state index is 12.6. The van der Waals surface area contributed by atoms with Crippen LogP contribution in [0.3, 0.4) is 0 Å². The summed E-state index contributed by atoms with van der Waals surface area (Å²) in [4.78, 5) is 13.2. The maximum Gasteiger partial charge on any atom is 0.406 e. The minimum Gasteiger partial charge on any atom is -0.409 e. The first-order valence-electron chi connectivity index (χ1n) is 6.39. The van der Waals surface area contributed by atoms with Gasteiger partial charge < -0.3 is 15.8 Å². The Labute approximate surface area is 115 Å². The van der Waals surface area contributed by atoms with E-state index in [2.05, 4.69) is 5.16 Å². The lowest BCUT2D eigenvalue weighted by molar-refractivity contribution is -0.172. The van der Waals surface area contributed by atoms with Gasteiger partial charge in [-0.05, 0) is 32.6 Å². The van der Waals surface area contributed by atoms with Gasteiger partial charge in [-0.25, -0.2) is 0 Å². The Kier molecular flexibility index (Phi) is 4.55. The molecule has 0 unspecified atom stereocenters. The first-order valence-corrected chi connectivity index (χ1v) is 6.39. The summed E-state index contributed by atoms with van der Waals surface area (Å²) in [6.45, 7) is 3.54. The molecule has 0 bridgehead atoms. The SMILES string of the molecule is CC1CC(C(=O)N(CC(F)(F)F)C(C)C)(C(N)=NO)C1. The van der Waals surface area contributed by atoms with Crippen LogP contribution in [0.25, 0.3) is 0 Å². The van der Waals surface area contributed by atoms with E-state index in [4.69, 9.17) is 10.9 Å². The molecule has 0 spiro atoms. The molecule has 1 fully saturated rings. The van der Waals surface area contributed by atoms with Gasteiger partial charge in [0.2, 0.25) is 5.91 Å². The van der Waals surface area contributed by atoms with Crippen molar-refractivity contribution < 1.29 is 23.2 Å². The van der Waals surface area contributed by atoms with Crippen molar-refractivity contribution >= 4 is 11.7 Å². The van der Waals surface area contributed by atoms with Crippen LogP contribution in [-0.2, 0) is 4.79 Å². The zero-order chi connectivity index (χ0) is 15.7. The fourth-order valence-electron chi connectivity index (χ4n) is 2.68. The number of carbonyl (C=O) groups is 1. The fourth-order valence-corrected chi connectivity index (χ4v) is 2.68. The lowest BCUT2D eigenvalue weighted by Crippen LogP contribution is -2.60. The molecular formula is C12H20F3N3O2. The quantitative estimate of drug-likeness (QED) is 0.360. The molecule has 1 amide bonds. The van der Waals surface area contributed by atoms with E-state index in [0.717, 1.165) is 4.90 Å². The van der Waals surface area contributed by atoms with Gasteiger partial charge in [0.05, 0.1) is 0 Å². The van der Waals surface area contributed by atoms with E-state index < -0.39 is 30.1 Å². The summed E-state index contributed by atoms with van der Waals surface area (Å²) in [7, 11) is 0. The minimum atomic E-state index is -4.48. The van der Waals surface area contributed by atoms with Crippen LogP contribution in [0, 0.1) is 11.3 Å². The molecular weight excluding hydrogens is 275 g/mol. The number of halogens is 3. The summed E-state index contributed by atoms with van der Waals surface area (Å²) in [6, 6.07) is -0.622. The predicted octanol–water partition coefficient (Wildman–Crippen LogP) is 1.95. The lowest BCUT2D eigenvalue weighted by atomic mass is 9.61. The number of amidine groups is 1. The van der Waals surface area contributed by atoms with Crippen LogP contribution in [0.2, 0.25) is 0 Å². The first kappa shape index (κ1) is 16.6. The number of hydrogen-bond donors (Lipinski definition) is 2. The molecule has 0 aromatic heterocycles. The minimum absolute atomic E-state index is 0.152. The Bertz CT molecular complexity index is 401. The zero-order valence-electron chi connectivity index (χ0n) is 11.7. The van der Waals surface area contributed by atoms with Crippen LogP contribution in [0.4, 0.5) is 13.2 Å². The van der Waals surface area contributed by atoms with Gasteiger partial charge in [-0.15, -0.1) is 0 Å². The van der Waals surface area contributed by atoms with Crippen LogP contribution >= 0.6 is 0 Å². The molecule has 0 heterocycles. The van der Waals surface area contributed by atoms with E-state index in [9.17, 15) is 18.0 Å². The second kappa shape index (κ2) is 5.49. The molecule has 0 aromatic carbocycles. The zero-order valence-corrected chi connectivity index (χ0v) is 11.7. The third-order valence-corrected chi connectivity index (χ3v) is 3.64. The molecule has 0 radical (unpaired) electrons. The summed E-state index contributed by atoms with van der Waals surface area (Å²) in [6.07, 6.45) is -3.90. The first-order chi connectivity index (χ1) is 9.03. The standard InChI is InChI=1S/C12H20F3N3O2/c1-7(2)18(6-12(13,14)15)10(19)11(9(16)17-20)4-8(3)5-11/h7-8,20H,4-6H2,1-3H3,(H2,16,17). The van der Waals surface area contributed by atoms with Gasteiger partial charge in [0.15, 0.2) is 5.84 Å². The Balaban J connectivity index is 3.04. The highest BCUT2D eigenvalue weighted by molar-refractivity contribution is 6.07. The third kappa shape index (κ3) is 3.16. The Hall–Kier alpha value is -1.47. The van der Waals surface area contributed by atoms with Gasteiger partial charge in [-0.2, -0.15) is 13.2 Å². The Morgan fingerprint density at radius 1 is 1.50 bits per heavy atom. The number of rotatable bonds is 4. The monoisotopic (exact) mass is 295 g/mol. The summed E-state index contributed by atoms with van der Waals surface area (Å²) >= 11 is 0. The van der Waals surface area contributed by atoms with Gasteiger partial charge in [0.1, 0.15) is 12.0 Å². The second-order valence-electron chi connectivity index (χ2n) is 5.72. The van der Waals surface area contributed by atoms with Crippen molar-refractivity contribution in [3.63, 3.8) is 0 Å². The van der Waals surface area contributed by atoms with Gasteiger partial charge >= 0.3 is 6.18 Å². The molecule has 1 rings (SSSR count). The predicted molar refractivity (Wildman–Crippen MR) is 67.1 cm³/mol. The van der Waals surface area contributed by atoms with Crippen molar-refractivity contribution in [2.45, 2.75) is 45.8 Å². The molecule has 5 nitrogen and oxygen atoms in total. The van der Waals surface area contributed by atoms with Crippen LogP contribution in [0.1, 0.15) is 33.6 Å². The largest absolute Gasteiger partial charge is 0.409 e. The fraction of sp³-hybridized carbons (Fsp3) is 0.833. The van der Waals surface area contributed by atoms with Gasteiger partial charge in [-0.3, -0.25) is 4.79 Å². The van der Waals surface area contributed by atoms with Gasteiger partial charge in [0.25, 0.3) is 0 Å². The summed E-state index contributed by atoms with van der Waals surface area (Å²) < 4.78 is 37.8. The molecule has 0 atom stereocenters. The van der Waals surface area contributed by atoms with E-state index in [1.807, 2.05) is 6.92 Å². The van der Waals surface area contributed by atoms with Crippen molar-refractivity contribution in [3.05, 3.63) is 0 Å². The number of amides is 1. The highest BCUT2D eigenvalue weighted by Crippen LogP contribution is 2.47. The molecule has 3 N–H and O–H groups in total. The Morgan fingerprint density at radius 2 is 2.00 bits per heavy atom. The average Bonchev–Trinajstić information content (AvgIpc) is 2.28. The van der Waals surface area contributed by atoms with E-state index in [-0.39, 0.29) is 11.8 Å².